The van der Waals surface area contributed by atoms with Crippen LogP contribution in [0.2, 0.25) is 0 Å². The number of halogens is 3. The summed E-state index contributed by atoms with van der Waals surface area (Å²) in [5, 5.41) is 9.79. The van der Waals surface area contributed by atoms with Crippen LogP contribution in [0.4, 0.5) is 13.2 Å². The van der Waals surface area contributed by atoms with Gasteiger partial charge in [0.25, 0.3) is 0 Å². The number of aryl methyl sites for hydroxylation is 1. The van der Waals surface area contributed by atoms with Crippen molar-refractivity contribution in [2.45, 2.75) is 64.0 Å². The molecule has 0 unspecified atom stereocenters. The lowest BCUT2D eigenvalue weighted by Crippen LogP contribution is -2.06. The molecule has 0 atom stereocenters. The molecule has 0 fully saturated rings. The molecule has 6 heteroatoms. The third kappa shape index (κ3) is 6.11. The maximum atomic E-state index is 12.0. The van der Waals surface area contributed by atoms with Gasteiger partial charge in [0.05, 0.1) is 11.8 Å². The second-order valence-electron chi connectivity index (χ2n) is 6.33. The molecule has 25 heavy (non-hydrogen) atoms. The molecule has 1 aromatic carbocycles. The minimum atomic E-state index is -4.03. The molecule has 138 valence electrons. The Morgan fingerprint density at radius 2 is 1.60 bits per heavy atom. The van der Waals surface area contributed by atoms with Gasteiger partial charge in [0, 0.05) is 11.8 Å². The van der Waals surface area contributed by atoms with Crippen LogP contribution in [0.15, 0.2) is 28.9 Å². The second-order valence-corrected chi connectivity index (χ2v) is 6.33. The highest BCUT2D eigenvalue weighted by Crippen LogP contribution is 2.26. The van der Waals surface area contributed by atoms with Crippen molar-refractivity contribution in [2.75, 3.05) is 0 Å². The number of rotatable bonds is 10. The van der Waals surface area contributed by atoms with E-state index in [1.165, 1.54) is 6.26 Å². The van der Waals surface area contributed by atoms with Gasteiger partial charge in [-0.25, -0.2) is 4.79 Å². The third-order valence-corrected chi connectivity index (χ3v) is 4.34. The molecule has 0 amide bonds. The molecule has 0 spiro atoms. The molecule has 0 radical (unpaired) electrons. The van der Waals surface area contributed by atoms with Crippen molar-refractivity contribution < 1.29 is 27.5 Å². The number of benzene rings is 1. The van der Waals surface area contributed by atoms with Crippen LogP contribution < -0.4 is 0 Å². The Bertz CT molecular complexity index is 689. The number of unbranched alkanes of at least 4 members (excludes halogenated alkanes) is 6. The van der Waals surface area contributed by atoms with Crippen LogP contribution in [-0.2, 0) is 6.42 Å². The maximum Gasteiger partial charge on any atom is 0.389 e. The Kier molecular flexibility index (Phi) is 6.91. The lowest BCUT2D eigenvalue weighted by Gasteiger charge is -2.06. The van der Waals surface area contributed by atoms with Crippen molar-refractivity contribution in [3.8, 4) is 0 Å². The third-order valence-electron chi connectivity index (χ3n) is 4.34. The van der Waals surface area contributed by atoms with Crippen LogP contribution >= 0.6 is 0 Å². The van der Waals surface area contributed by atoms with E-state index in [2.05, 4.69) is 0 Å². The fourth-order valence-electron chi connectivity index (χ4n) is 3.03. The molecule has 1 N–H and O–H groups in total. The van der Waals surface area contributed by atoms with Crippen LogP contribution in [0, 0.1) is 0 Å². The Morgan fingerprint density at radius 3 is 2.24 bits per heavy atom. The number of hydrogen-bond donors (Lipinski definition) is 1. The Labute approximate surface area is 144 Å². The molecule has 2 aromatic rings. The SMILES string of the molecule is O=C(O)c1ccc(CCCCCCCCCC(F)(F)F)c2occc12. The molecule has 0 aliphatic rings. The van der Waals surface area contributed by atoms with Crippen LogP contribution in [0.25, 0.3) is 11.0 Å². The number of carboxylic acids is 1. The lowest BCUT2D eigenvalue weighted by molar-refractivity contribution is -0.135. The Morgan fingerprint density at radius 1 is 0.960 bits per heavy atom. The lowest BCUT2D eigenvalue weighted by atomic mass is 10.0. The number of carboxylic acid groups (broad SMARTS) is 1. The minimum absolute atomic E-state index is 0.218. The highest BCUT2D eigenvalue weighted by Gasteiger charge is 2.25. The summed E-state index contributed by atoms with van der Waals surface area (Å²) in [5.41, 5.74) is 1.87. The van der Waals surface area contributed by atoms with Gasteiger partial charge in [0.15, 0.2) is 0 Å². The molecule has 0 saturated carbocycles. The topological polar surface area (TPSA) is 50.4 Å². The first-order valence-corrected chi connectivity index (χ1v) is 8.67. The van der Waals surface area contributed by atoms with E-state index in [1.807, 2.05) is 0 Å². The fraction of sp³-hybridized carbons (Fsp3) is 0.526. The largest absolute Gasteiger partial charge is 0.478 e. The van der Waals surface area contributed by atoms with Crippen molar-refractivity contribution >= 4 is 16.9 Å². The Balaban J connectivity index is 1.68. The van der Waals surface area contributed by atoms with Crippen molar-refractivity contribution in [2.24, 2.45) is 0 Å². The average Bonchev–Trinajstić information content (AvgIpc) is 3.01. The van der Waals surface area contributed by atoms with Gasteiger partial charge in [-0.3, -0.25) is 0 Å². The van der Waals surface area contributed by atoms with Crippen LogP contribution in [-0.4, -0.2) is 17.3 Å². The molecule has 2 rings (SSSR count). The second kappa shape index (κ2) is 8.92. The van der Waals surface area contributed by atoms with E-state index in [0.29, 0.717) is 17.4 Å². The first kappa shape index (κ1) is 19.3. The predicted molar refractivity (Wildman–Crippen MR) is 89.9 cm³/mol. The van der Waals surface area contributed by atoms with E-state index in [0.717, 1.165) is 44.1 Å². The monoisotopic (exact) mass is 356 g/mol. The molecule has 0 aliphatic carbocycles. The number of fused-ring (bicyclic) bond motifs is 1. The summed E-state index contributed by atoms with van der Waals surface area (Å²) in [7, 11) is 0. The van der Waals surface area contributed by atoms with Gasteiger partial charge in [0.1, 0.15) is 5.58 Å². The molecule has 0 saturated heterocycles. The zero-order valence-electron chi connectivity index (χ0n) is 14.1. The smallest absolute Gasteiger partial charge is 0.389 e. The first-order chi connectivity index (χ1) is 11.9. The van der Waals surface area contributed by atoms with Gasteiger partial charge in [-0.15, -0.1) is 0 Å². The van der Waals surface area contributed by atoms with Crippen LogP contribution in [0.5, 0.6) is 0 Å². The summed E-state index contributed by atoms with van der Waals surface area (Å²) in [6, 6.07) is 5.08. The number of aromatic carboxylic acids is 1. The number of alkyl halides is 3. The van der Waals surface area contributed by atoms with Gasteiger partial charge in [-0.2, -0.15) is 13.2 Å². The minimum Gasteiger partial charge on any atom is -0.478 e. The maximum absolute atomic E-state index is 12.0. The summed E-state index contributed by atoms with van der Waals surface area (Å²) < 4.78 is 41.5. The molecule has 1 aromatic heterocycles. The molecular weight excluding hydrogens is 333 g/mol. The summed E-state index contributed by atoms with van der Waals surface area (Å²) >= 11 is 0. The van der Waals surface area contributed by atoms with Gasteiger partial charge in [-0.1, -0.05) is 38.2 Å². The van der Waals surface area contributed by atoms with Gasteiger partial charge < -0.3 is 9.52 Å². The first-order valence-electron chi connectivity index (χ1n) is 8.67. The van der Waals surface area contributed by atoms with Gasteiger partial charge in [0.2, 0.25) is 0 Å². The summed E-state index contributed by atoms with van der Waals surface area (Å²) in [5.74, 6) is -0.969. The van der Waals surface area contributed by atoms with E-state index in [1.54, 1.807) is 18.2 Å². The van der Waals surface area contributed by atoms with E-state index in [9.17, 15) is 18.0 Å². The number of furan rings is 1. The average molecular weight is 356 g/mol. The van der Waals surface area contributed by atoms with Crippen molar-refractivity contribution in [3.05, 3.63) is 35.6 Å². The zero-order chi connectivity index (χ0) is 18.3. The molecule has 1 heterocycles. The normalized spacial score (nSPS) is 12.0. The quantitative estimate of drug-likeness (QED) is 0.504. The highest BCUT2D eigenvalue weighted by atomic mass is 19.4. The van der Waals surface area contributed by atoms with Gasteiger partial charge in [-0.05, 0) is 37.0 Å². The van der Waals surface area contributed by atoms with E-state index < -0.39 is 18.6 Å². The van der Waals surface area contributed by atoms with E-state index >= 15 is 0 Å². The van der Waals surface area contributed by atoms with Crippen molar-refractivity contribution in [3.63, 3.8) is 0 Å². The van der Waals surface area contributed by atoms with Gasteiger partial charge >= 0.3 is 12.1 Å². The highest BCUT2D eigenvalue weighted by molar-refractivity contribution is 6.03. The summed E-state index contributed by atoms with van der Waals surface area (Å²) in [6.07, 6.45) is 3.18. The zero-order valence-corrected chi connectivity index (χ0v) is 14.1. The van der Waals surface area contributed by atoms with Crippen LogP contribution in [0.1, 0.15) is 67.3 Å². The molecule has 0 bridgehead atoms. The number of carbonyl (C=O) groups is 1. The molecular formula is C19H23F3O3. The standard InChI is InChI=1S/C19H23F3O3/c20-19(21,22)12-7-5-3-1-2-4-6-8-14-9-10-16(18(23)24)15-11-13-25-17(14)15/h9-11,13H,1-8,12H2,(H,23,24). The summed E-state index contributed by atoms with van der Waals surface area (Å²) in [6.45, 7) is 0. The van der Waals surface area contributed by atoms with Crippen LogP contribution in [0.3, 0.4) is 0 Å². The number of hydrogen-bond acceptors (Lipinski definition) is 2. The summed E-state index contributed by atoms with van der Waals surface area (Å²) in [4.78, 5) is 11.2. The van der Waals surface area contributed by atoms with E-state index in [-0.39, 0.29) is 12.0 Å². The fourth-order valence-corrected chi connectivity index (χ4v) is 3.03. The molecule has 0 aliphatic heterocycles. The molecule has 3 nitrogen and oxygen atoms in total. The Hall–Kier alpha value is -1.98. The van der Waals surface area contributed by atoms with E-state index in [4.69, 9.17) is 9.52 Å². The predicted octanol–water partition coefficient (Wildman–Crippen LogP) is 6.36. The van der Waals surface area contributed by atoms with Crippen molar-refractivity contribution in [1.29, 1.82) is 0 Å². The van der Waals surface area contributed by atoms with Crippen molar-refractivity contribution in [1.82, 2.24) is 0 Å².